The summed E-state index contributed by atoms with van der Waals surface area (Å²) in [6.45, 7) is 6.22. The second-order valence-corrected chi connectivity index (χ2v) is 5.36. The van der Waals surface area contributed by atoms with Gasteiger partial charge in [-0.05, 0) is 24.3 Å². The number of nitro benzene ring substituents is 1. The van der Waals surface area contributed by atoms with Crippen LogP contribution < -0.4 is 0 Å². The highest BCUT2D eigenvalue weighted by Crippen LogP contribution is 2.23. The third-order valence-corrected chi connectivity index (χ3v) is 2.81. The SMILES string of the molecule is CC(C)(C)c1ccc(-c2ccc([N+](=O)[O-])cc2)nn1. The van der Waals surface area contributed by atoms with Gasteiger partial charge in [-0.25, -0.2) is 0 Å². The van der Waals surface area contributed by atoms with E-state index in [1.165, 1.54) is 12.1 Å². The Bertz CT molecular complexity index is 584. The minimum atomic E-state index is -0.418. The van der Waals surface area contributed by atoms with Crippen molar-refractivity contribution in [1.82, 2.24) is 10.2 Å². The van der Waals surface area contributed by atoms with Gasteiger partial charge in [0, 0.05) is 23.1 Å². The zero-order chi connectivity index (χ0) is 14.0. The van der Waals surface area contributed by atoms with Gasteiger partial charge in [-0.2, -0.15) is 10.2 Å². The molecule has 5 nitrogen and oxygen atoms in total. The first-order chi connectivity index (χ1) is 8.88. The molecule has 2 rings (SSSR count). The smallest absolute Gasteiger partial charge is 0.258 e. The lowest BCUT2D eigenvalue weighted by molar-refractivity contribution is -0.384. The first-order valence-corrected chi connectivity index (χ1v) is 5.97. The molecule has 0 bridgehead atoms. The predicted molar refractivity (Wildman–Crippen MR) is 72.8 cm³/mol. The van der Waals surface area contributed by atoms with Crippen molar-refractivity contribution in [1.29, 1.82) is 0 Å². The number of hydrogen-bond donors (Lipinski definition) is 0. The van der Waals surface area contributed by atoms with Crippen LogP contribution in [0.15, 0.2) is 36.4 Å². The average molecular weight is 257 g/mol. The van der Waals surface area contributed by atoms with Crippen LogP contribution in [0.1, 0.15) is 26.5 Å². The van der Waals surface area contributed by atoms with Gasteiger partial charge in [0.05, 0.1) is 16.3 Å². The van der Waals surface area contributed by atoms with E-state index in [4.69, 9.17) is 0 Å². The molecular formula is C14H15N3O2. The lowest BCUT2D eigenvalue weighted by Crippen LogP contribution is -2.14. The van der Waals surface area contributed by atoms with E-state index in [0.717, 1.165) is 11.3 Å². The highest BCUT2D eigenvalue weighted by Gasteiger charge is 2.16. The molecule has 0 radical (unpaired) electrons. The number of rotatable bonds is 2. The van der Waals surface area contributed by atoms with Crippen molar-refractivity contribution in [3.63, 3.8) is 0 Å². The van der Waals surface area contributed by atoms with E-state index in [2.05, 4.69) is 31.0 Å². The summed E-state index contributed by atoms with van der Waals surface area (Å²) in [6, 6.07) is 10.1. The van der Waals surface area contributed by atoms with Gasteiger partial charge in [0.2, 0.25) is 0 Å². The summed E-state index contributed by atoms with van der Waals surface area (Å²) in [5.74, 6) is 0. The summed E-state index contributed by atoms with van der Waals surface area (Å²) < 4.78 is 0. The first-order valence-electron chi connectivity index (χ1n) is 5.97. The maximum absolute atomic E-state index is 10.6. The van der Waals surface area contributed by atoms with E-state index in [-0.39, 0.29) is 11.1 Å². The van der Waals surface area contributed by atoms with Gasteiger partial charge in [-0.1, -0.05) is 20.8 Å². The van der Waals surface area contributed by atoms with Crippen LogP contribution in [0.2, 0.25) is 0 Å². The number of hydrogen-bond acceptors (Lipinski definition) is 4. The minimum absolute atomic E-state index is 0.0407. The molecule has 0 saturated carbocycles. The van der Waals surface area contributed by atoms with Crippen LogP contribution in [0.3, 0.4) is 0 Å². The summed E-state index contributed by atoms with van der Waals surface area (Å²) in [4.78, 5) is 10.2. The molecule has 0 aliphatic heterocycles. The molecule has 0 fully saturated rings. The quantitative estimate of drug-likeness (QED) is 0.611. The van der Waals surface area contributed by atoms with Gasteiger partial charge in [0.25, 0.3) is 5.69 Å². The Labute approximate surface area is 111 Å². The van der Waals surface area contributed by atoms with Crippen molar-refractivity contribution >= 4 is 5.69 Å². The number of non-ortho nitro benzene ring substituents is 1. The minimum Gasteiger partial charge on any atom is -0.258 e. The van der Waals surface area contributed by atoms with Gasteiger partial charge in [0.15, 0.2) is 0 Å². The summed E-state index contributed by atoms with van der Waals surface area (Å²) in [6.07, 6.45) is 0. The van der Waals surface area contributed by atoms with E-state index in [1.807, 2.05) is 12.1 Å². The average Bonchev–Trinajstić information content (AvgIpc) is 2.38. The molecule has 2 aromatic rings. The zero-order valence-corrected chi connectivity index (χ0v) is 11.1. The molecule has 98 valence electrons. The molecule has 0 N–H and O–H groups in total. The topological polar surface area (TPSA) is 68.9 Å². The monoisotopic (exact) mass is 257 g/mol. The van der Waals surface area contributed by atoms with Crippen LogP contribution in [0, 0.1) is 10.1 Å². The summed E-state index contributed by atoms with van der Waals surface area (Å²) >= 11 is 0. The first kappa shape index (κ1) is 13.1. The van der Waals surface area contributed by atoms with Gasteiger partial charge < -0.3 is 0 Å². The molecule has 19 heavy (non-hydrogen) atoms. The van der Waals surface area contributed by atoms with Crippen molar-refractivity contribution < 1.29 is 4.92 Å². The maximum atomic E-state index is 10.6. The second-order valence-electron chi connectivity index (χ2n) is 5.36. The van der Waals surface area contributed by atoms with E-state index < -0.39 is 4.92 Å². The number of nitro groups is 1. The van der Waals surface area contributed by atoms with Gasteiger partial charge in [-0.15, -0.1) is 0 Å². The molecule has 0 amide bonds. The standard InChI is InChI=1S/C14H15N3O2/c1-14(2,3)13-9-8-12(15-16-13)10-4-6-11(7-5-10)17(18)19/h4-9H,1-3H3. The maximum Gasteiger partial charge on any atom is 0.269 e. The molecule has 0 aliphatic carbocycles. The normalized spacial score (nSPS) is 11.3. The molecule has 5 heteroatoms. The van der Waals surface area contributed by atoms with Crippen LogP contribution >= 0.6 is 0 Å². The Morgan fingerprint density at radius 1 is 1.00 bits per heavy atom. The molecule has 0 unspecified atom stereocenters. The van der Waals surface area contributed by atoms with Crippen LogP contribution in [0.5, 0.6) is 0 Å². The summed E-state index contributed by atoms with van der Waals surface area (Å²) in [5, 5.41) is 19.0. The van der Waals surface area contributed by atoms with Crippen molar-refractivity contribution in [2.24, 2.45) is 0 Å². The molecule has 1 aromatic carbocycles. The molecule has 0 aliphatic rings. The second kappa shape index (κ2) is 4.76. The molecule has 1 heterocycles. The summed E-state index contributed by atoms with van der Waals surface area (Å²) in [5.41, 5.74) is 2.48. The van der Waals surface area contributed by atoms with E-state index in [0.29, 0.717) is 5.69 Å². The Hall–Kier alpha value is -2.30. The van der Waals surface area contributed by atoms with Crippen LogP contribution in [-0.2, 0) is 5.41 Å². The molecule has 0 atom stereocenters. The molecular weight excluding hydrogens is 242 g/mol. The lowest BCUT2D eigenvalue weighted by atomic mass is 9.92. The van der Waals surface area contributed by atoms with Crippen molar-refractivity contribution in [2.75, 3.05) is 0 Å². The lowest BCUT2D eigenvalue weighted by Gasteiger charge is -2.16. The van der Waals surface area contributed by atoms with Crippen molar-refractivity contribution in [3.8, 4) is 11.3 Å². The highest BCUT2D eigenvalue weighted by atomic mass is 16.6. The van der Waals surface area contributed by atoms with E-state index in [9.17, 15) is 10.1 Å². The molecule has 1 aromatic heterocycles. The fourth-order valence-electron chi connectivity index (χ4n) is 1.64. The molecule has 0 saturated heterocycles. The van der Waals surface area contributed by atoms with Gasteiger partial charge in [-0.3, -0.25) is 10.1 Å². The van der Waals surface area contributed by atoms with E-state index in [1.54, 1.807) is 12.1 Å². The third kappa shape index (κ3) is 2.93. The summed E-state index contributed by atoms with van der Waals surface area (Å²) in [7, 11) is 0. The number of nitrogens with zero attached hydrogens (tertiary/aromatic N) is 3. The Morgan fingerprint density at radius 3 is 2.05 bits per heavy atom. The van der Waals surface area contributed by atoms with Crippen molar-refractivity contribution in [2.45, 2.75) is 26.2 Å². The Kier molecular flexibility index (Phi) is 3.29. The third-order valence-electron chi connectivity index (χ3n) is 2.81. The van der Waals surface area contributed by atoms with Gasteiger partial charge in [0.1, 0.15) is 0 Å². The van der Waals surface area contributed by atoms with Crippen LogP contribution in [0.25, 0.3) is 11.3 Å². The van der Waals surface area contributed by atoms with Crippen molar-refractivity contribution in [3.05, 3.63) is 52.2 Å². The largest absolute Gasteiger partial charge is 0.269 e. The fourth-order valence-corrected chi connectivity index (χ4v) is 1.64. The Balaban J connectivity index is 2.30. The Morgan fingerprint density at radius 2 is 1.63 bits per heavy atom. The van der Waals surface area contributed by atoms with Crippen LogP contribution in [-0.4, -0.2) is 15.1 Å². The fraction of sp³-hybridized carbons (Fsp3) is 0.286. The highest BCUT2D eigenvalue weighted by molar-refractivity contribution is 5.60. The zero-order valence-electron chi connectivity index (χ0n) is 11.1. The van der Waals surface area contributed by atoms with Gasteiger partial charge >= 0.3 is 0 Å². The number of aromatic nitrogens is 2. The van der Waals surface area contributed by atoms with Crippen LogP contribution in [0.4, 0.5) is 5.69 Å². The number of benzene rings is 1. The molecule has 0 spiro atoms. The van der Waals surface area contributed by atoms with E-state index >= 15 is 0 Å². The predicted octanol–water partition coefficient (Wildman–Crippen LogP) is 3.35.